The third kappa shape index (κ3) is 4.79. The molecule has 0 bridgehead atoms. The van der Waals surface area contributed by atoms with Crippen LogP contribution in [0.1, 0.15) is 18.1 Å². The van der Waals surface area contributed by atoms with E-state index in [1.165, 1.54) is 54.4 Å². The van der Waals surface area contributed by atoms with Gasteiger partial charge in [-0.2, -0.15) is 0 Å². The van der Waals surface area contributed by atoms with Crippen molar-refractivity contribution in [2.24, 2.45) is 0 Å². The fourth-order valence-electron chi connectivity index (χ4n) is 2.53. The summed E-state index contributed by atoms with van der Waals surface area (Å²) in [5.41, 5.74) is 0.725. The van der Waals surface area contributed by atoms with Crippen LogP contribution >= 0.6 is 11.6 Å². The van der Waals surface area contributed by atoms with Gasteiger partial charge in [0.25, 0.3) is 0 Å². The van der Waals surface area contributed by atoms with E-state index in [9.17, 15) is 18.4 Å². The maximum atomic E-state index is 14.0. The normalized spacial score (nSPS) is 11.7. The lowest BCUT2D eigenvalue weighted by Gasteiger charge is -2.28. The fraction of sp³-hybridized carbons (Fsp3) is 0.263. The second kappa shape index (κ2) is 8.76. The van der Waals surface area contributed by atoms with Crippen LogP contribution in [0.25, 0.3) is 0 Å². The first kappa shape index (κ1) is 19.8. The molecule has 0 aliphatic rings. The Morgan fingerprint density at radius 2 is 1.81 bits per heavy atom. The summed E-state index contributed by atoms with van der Waals surface area (Å²) in [6, 6.07) is 9.00. The maximum absolute atomic E-state index is 14.0. The zero-order valence-corrected chi connectivity index (χ0v) is 15.2. The van der Waals surface area contributed by atoms with Gasteiger partial charge in [0.2, 0.25) is 11.8 Å². The van der Waals surface area contributed by atoms with Crippen LogP contribution in [0, 0.1) is 11.6 Å². The van der Waals surface area contributed by atoms with Crippen molar-refractivity contribution < 1.29 is 18.4 Å². The predicted molar refractivity (Wildman–Crippen MR) is 95.6 cm³/mol. The molecule has 0 saturated carbocycles. The Morgan fingerprint density at radius 1 is 1.15 bits per heavy atom. The SMILES string of the molecule is CNC(=O)[C@H](C)N(Cc1ccc(F)cc1)C(=O)Cc1c(F)cccc1Cl. The summed E-state index contributed by atoms with van der Waals surface area (Å²) < 4.78 is 27.1. The molecule has 1 N–H and O–H groups in total. The molecule has 26 heavy (non-hydrogen) atoms. The second-order valence-corrected chi connectivity index (χ2v) is 6.22. The topological polar surface area (TPSA) is 49.4 Å². The molecule has 0 aromatic heterocycles. The van der Waals surface area contributed by atoms with Gasteiger partial charge in [0.05, 0.1) is 6.42 Å². The van der Waals surface area contributed by atoms with Crippen LogP contribution in [0.15, 0.2) is 42.5 Å². The molecule has 4 nitrogen and oxygen atoms in total. The van der Waals surface area contributed by atoms with Crippen molar-refractivity contribution in [1.29, 1.82) is 0 Å². The van der Waals surface area contributed by atoms with Crippen molar-refractivity contribution in [3.8, 4) is 0 Å². The summed E-state index contributed by atoms with van der Waals surface area (Å²) in [7, 11) is 1.47. The van der Waals surface area contributed by atoms with Gasteiger partial charge in [-0.1, -0.05) is 29.8 Å². The highest BCUT2D eigenvalue weighted by Gasteiger charge is 2.26. The van der Waals surface area contributed by atoms with Crippen LogP contribution in [0.5, 0.6) is 0 Å². The maximum Gasteiger partial charge on any atom is 0.242 e. The Bertz CT molecular complexity index is 776. The molecule has 2 amide bonds. The number of nitrogens with one attached hydrogen (secondary N) is 1. The smallest absolute Gasteiger partial charge is 0.242 e. The Labute approximate surface area is 155 Å². The van der Waals surface area contributed by atoms with Gasteiger partial charge in [0.15, 0.2) is 0 Å². The fourth-order valence-corrected chi connectivity index (χ4v) is 2.76. The van der Waals surface area contributed by atoms with Crippen molar-refractivity contribution in [1.82, 2.24) is 10.2 Å². The van der Waals surface area contributed by atoms with E-state index in [1.807, 2.05) is 0 Å². The van der Waals surface area contributed by atoms with Gasteiger partial charge in [-0.15, -0.1) is 0 Å². The molecule has 138 valence electrons. The molecule has 0 heterocycles. The van der Waals surface area contributed by atoms with Crippen LogP contribution < -0.4 is 5.32 Å². The van der Waals surface area contributed by atoms with E-state index < -0.39 is 23.6 Å². The number of hydrogen-bond acceptors (Lipinski definition) is 2. The third-order valence-electron chi connectivity index (χ3n) is 4.07. The standard InChI is InChI=1S/C19H19ClF2N2O2/c1-12(19(26)23-2)24(11-13-6-8-14(21)9-7-13)18(25)10-15-16(20)4-3-5-17(15)22/h3-9,12H,10-11H2,1-2H3,(H,23,26)/t12-/m0/s1. The number of hydrogen-bond donors (Lipinski definition) is 1. The molecule has 0 aliphatic carbocycles. The molecule has 1 atom stereocenters. The average molecular weight is 381 g/mol. The quantitative estimate of drug-likeness (QED) is 0.835. The van der Waals surface area contributed by atoms with Crippen LogP contribution in [0.4, 0.5) is 8.78 Å². The van der Waals surface area contributed by atoms with E-state index in [0.717, 1.165) is 0 Å². The number of halogens is 3. The summed E-state index contributed by atoms with van der Waals surface area (Å²) in [6.45, 7) is 1.66. The molecule has 2 aromatic carbocycles. The minimum Gasteiger partial charge on any atom is -0.357 e. The summed E-state index contributed by atoms with van der Waals surface area (Å²) in [5, 5.41) is 2.63. The van der Waals surface area contributed by atoms with Gasteiger partial charge in [-0.25, -0.2) is 8.78 Å². The lowest BCUT2D eigenvalue weighted by Crippen LogP contribution is -2.47. The summed E-state index contributed by atoms with van der Waals surface area (Å²) in [5.74, 6) is -1.80. The van der Waals surface area contributed by atoms with Gasteiger partial charge in [0.1, 0.15) is 17.7 Å². The Morgan fingerprint density at radius 3 is 2.38 bits per heavy atom. The Kier molecular flexibility index (Phi) is 6.69. The monoisotopic (exact) mass is 380 g/mol. The van der Waals surface area contributed by atoms with Gasteiger partial charge >= 0.3 is 0 Å². The van der Waals surface area contributed by atoms with E-state index in [2.05, 4.69) is 5.32 Å². The highest BCUT2D eigenvalue weighted by molar-refractivity contribution is 6.31. The van der Waals surface area contributed by atoms with Gasteiger partial charge in [-0.05, 0) is 36.8 Å². The van der Waals surface area contributed by atoms with Gasteiger partial charge < -0.3 is 10.2 Å². The molecule has 2 aromatic rings. The van der Waals surface area contributed by atoms with Crippen LogP contribution in [-0.4, -0.2) is 29.8 Å². The molecule has 0 unspecified atom stereocenters. The number of rotatable bonds is 6. The molecule has 0 aliphatic heterocycles. The molecule has 7 heteroatoms. The number of likely N-dealkylation sites (N-methyl/N-ethyl adjacent to an activating group) is 1. The van der Waals surface area contributed by atoms with Gasteiger partial charge in [0, 0.05) is 24.2 Å². The minimum atomic E-state index is -0.789. The molecule has 0 spiro atoms. The first-order chi connectivity index (χ1) is 12.3. The number of benzene rings is 2. The van der Waals surface area contributed by atoms with Crippen molar-refractivity contribution >= 4 is 23.4 Å². The van der Waals surface area contributed by atoms with E-state index in [4.69, 9.17) is 11.6 Å². The number of nitrogens with zero attached hydrogens (tertiary/aromatic N) is 1. The minimum absolute atomic E-state index is 0.0763. The predicted octanol–water partition coefficient (Wildman–Crippen LogP) is 3.32. The Hall–Kier alpha value is -2.47. The molecule has 2 rings (SSSR count). The number of carbonyl (C=O) groups is 2. The highest BCUT2D eigenvalue weighted by atomic mass is 35.5. The van der Waals surface area contributed by atoms with E-state index >= 15 is 0 Å². The first-order valence-electron chi connectivity index (χ1n) is 8.02. The van der Waals surface area contributed by atoms with E-state index in [-0.39, 0.29) is 29.5 Å². The van der Waals surface area contributed by atoms with Crippen LogP contribution in [-0.2, 0) is 22.6 Å². The van der Waals surface area contributed by atoms with Crippen LogP contribution in [0.3, 0.4) is 0 Å². The lowest BCUT2D eigenvalue weighted by molar-refractivity contribution is -0.139. The zero-order chi connectivity index (χ0) is 19.3. The molecule has 0 radical (unpaired) electrons. The zero-order valence-electron chi connectivity index (χ0n) is 14.4. The van der Waals surface area contributed by atoms with Crippen molar-refractivity contribution in [2.75, 3.05) is 7.05 Å². The molecular weight excluding hydrogens is 362 g/mol. The van der Waals surface area contributed by atoms with Crippen LogP contribution in [0.2, 0.25) is 5.02 Å². The number of amides is 2. The van der Waals surface area contributed by atoms with Crippen molar-refractivity contribution in [3.05, 3.63) is 70.2 Å². The molecule has 0 saturated heterocycles. The number of carbonyl (C=O) groups excluding carboxylic acids is 2. The van der Waals surface area contributed by atoms with E-state index in [0.29, 0.717) is 5.56 Å². The highest BCUT2D eigenvalue weighted by Crippen LogP contribution is 2.21. The van der Waals surface area contributed by atoms with Gasteiger partial charge in [-0.3, -0.25) is 9.59 Å². The first-order valence-corrected chi connectivity index (χ1v) is 8.39. The summed E-state index contributed by atoms with van der Waals surface area (Å²) in [4.78, 5) is 26.1. The third-order valence-corrected chi connectivity index (χ3v) is 4.42. The van der Waals surface area contributed by atoms with Crippen molar-refractivity contribution in [3.63, 3.8) is 0 Å². The molecular formula is C19H19ClF2N2O2. The largest absolute Gasteiger partial charge is 0.357 e. The van der Waals surface area contributed by atoms with Crippen molar-refractivity contribution in [2.45, 2.75) is 25.9 Å². The second-order valence-electron chi connectivity index (χ2n) is 5.82. The molecule has 0 fully saturated rings. The lowest BCUT2D eigenvalue weighted by atomic mass is 10.1. The van der Waals surface area contributed by atoms with E-state index in [1.54, 1.807) is 6.92 Å². The Balaban J connectivity index is 2.28. The average Bonchev–Trinajstić information content (AvgIpc) is 2.63. The summed E-state index contributed by atoms with van der Waals surface area (Å²) in [6.07, 6.45) is -0.284. The summed E-state index contributed by atoms with van der Waals surface area (Å²) >= 11 is 5.99.